The van der Waals surface area contributed by atoms with Gasteiger partial charge in [0.25, 0.3) is 0 Å². The highest BCUT2D eigenvalue weighted by Gasteiger charge is 2.18. The lowest BCUT2D eigenvalue weighted by Crippen LogP contribution is -2.33. The molecule has 0 amide bonds. The van der Waals surface area contributed by atoms with Crippen molar-refractivity contribution in [2.24, 2.45) is 5.92 Å². The van der Waals surface area contributed by atoms with Crippen LogP contribution in [0.3, 0.4) is 0 Å². The molecule has 2 heteroatoms. The third-order valence-electron chi connectivity index (χ3n) is 4.08. The maximum absolute atomic E-state index is 8.68. The second-order valence-electron chi connectivity index (χ2n) is 5.67. The zero-order valence-electron chi connectivity index (χ0n) is 12.4. The molecule has 1 N–H and O–H groups in total. The maximum Gasteiger partial charge on any atom is 0.104 e. The Hall–Kier alpha value is -1.30. The zero-order valence-corrected chi connectivity index (χ0v) is 12.4. The molecule has 0 unspecified atom stereocenters. The summed E-state index contributed by atoms with van der Waals surface area (Å²) < 4.78 is 0. The molecule has 0 spiro atoms. The SMILES string of the molecule is CCCC1CCN(Cc2ccc(C#CCO)cc2)CC1. The van der Waals surface area contributed by atoms with Crippen molar-refractivity contribution in [2.45, 2.75) is 39.2 Å². The van der Waals surface area contributed by atoms with E-state index in [1.54, 1.807) is 0 Å². The van der Waals surface area contributed by atoms with Gasteiger partial charge in [0.15, 0.2) is 0 Å². The van der Waals surface area contributed by atoms with E-state index < -0.39 is 0 Å². The lowest BCUT2D eigenvalue weighted by Gasteiger charge is -2.31. The Labute approximate surface area is 122 Å². The Morgan fingerprint density at radius 1 is 1.20 bits per heavy atom. The largest absolute Gasteiger partial charge is 0.384 e. The molecule has 0 saturated carbocycles. The highest BCUT2D eigenvalue weighted by Crippen LogP contribution is 2.22. The highest BCUT2D eigenvalue weighted by molar-refractivity contribution is 5.36. The van der Waals surface area contributed by atoms with Crippen molar-refractivity contribution in [1.29, 1.82) is 0 Å². The standard InChI is InChI=1S/C18H25NO/c1-2-4-16-10-12-19(13-11-16)15-18-8-6-17(7-9-18)5-3-14-20/h6-9,16,20H,2,4,10-15H2,1H3. The summed E-state index contributed by atoms with van der Waals surface area (Å²) in [6.07, 6.45) is 5.43. The fourth-order valence-electron chi connectivity index (χ4n) is 2.93. The third kappa shape index (κ3) is 4.67. The van der Waals surface area contributed by atoms with Crippen LogP contribution in [0.15, 0.2) is 24.3 Å². The van der Waals surface area contributed by atoms with E-state index >= 15 is 0 Å². The van der Waals surface area contributed by atoms with E-state index in [-0.39, 0.29) is 6.61 Å². The van der Waals surface area contributed by atoms with E-state index in [1.807, 2.05) is 12.1 Å². The van der Waals surface area contributed by atoms with E-state index in [9.17, 15) is 0 Å². The number of hydrogen-bond donors (Lipinski definition) is 1. The zero-order chi connectivity index (χ0) is 14.2. The van der Waals surface area contributed by atoms with Crippen LogP contribution >= 0.6 is 0 Å². The summed E-state index contributed by atoms with van der Waals surface area (Å²) in [5.41, 5.74) is 2.33. The van der Waals surface area contributed by atoms with Gasteiger partial charge in [-0.15, -0.1) is 0 Å². The molecule has 0 bridgehead atoms. The molecule has 1 aromatic rings. The lowest BCUT2D eigenvalue weighted by molar-refractivity contribution is 0.172. The van der Waals surface area contributed by atoms with Crippen LogP contribution in [0.2, 0.25) is 0 Å². The van der Waals surface area contributed by atoms with Crippen LogP contribution < -0.4 is 0 Å². The van der Waals surface area contributed by atoms with E-state index in [1.165, 1.54) is 44.3 Å². The molecular weight excluding hydrogens is 246 g/mol. The topological polar surface area (TPSA) is 23.5 Å². The van der Waals surface area contributed by atoms with Gasteiger partial charge in [-0.25, -0.2) is 0 Å². The molecule has 1 saturated heterocycles. The Balaban J connectivity index is 1.82. The summed E-state index contributed by atoms with van der Waals surface area (Å²) in [7, 11) is 0. The molecule has 20 heavy (non-hydrogen) atoms. The average molecular weight is 271 g/mol. The fourth-order valence-corrected chi connectivity index (χ4v) is 2.93. The maximum atomic E-state index is 8.68. The molecular formula is C18H25NO. The van der Waals surface area contributed by atoms with Crippen molar-refractivity contribution in [2.75, 3.05) is 19.7 Å². The minimum absolute atomic E-state index is 0.0749. The summed E-state index contributed by atoms with van der Waals surface area (Å²) in [4.78, 5) is 2.56. The van der Waals surface area contributed by atoms with Crippen molar-refractivity contribution in [3.05, 3.63) is 35.4 Å². The van der Waals surface area contributed by atoms with Gasteiger partial charge in [0.1, 0.15) is 6.61 Å². The highest BCUT2D eigenvalue weighted by atomic mass is 16.2. The van der Waals surface area contributed by atoms with Crippen molar-refractivity contribution in [1.82, 2.24) is 4.90 Å². The number of rotatable bonds is 4. The predicted octanol–water partition coefficient (Wildman–Crippen LogP) is 3.04. The van der Waals surface area contributed by atoms with Gasteiger partial charge in [-0.05, 0) is 49.5 Å². The predicted molar refractivity (Wildman–Crippen MR) is 83.3 cm³/mol. The molecule has 0 atom stereocenters. The molecule has 0 radical (unpaired) electrons. The Kier molecular flexibility index (Phi) is 6.11. The van der Waals surface area contributed by atoms with Gasteiger partial charge in [-0.1, -0.05) is 43.7 Å². The van der Waals surface area contributed by atoms with Gasteiger partial charge in [0.2, 0.25) is 0 Å². The number of benzene rings is 1. The monoisotopic (exact) mass is 271 g/mol. The van der Waals surface area contributed by atoms with E-state index in [2.05, 4.69) is 35.8 Å². The van der Waals surface area contributed by atoms with Crippen molar-refractivity contribution < 1.29 is 5.11 Å². The summed E-state index contributed by atoms with van der Waals surface area (Å²) >= 11 is 0. The third-order valence-corrected chi connectivity index (χ3v) is 4.08. The van der Waals surface area contributed by atoms with Gasteiger partial charge >= 0.3 is 0 Å². The van der Waals surface area contributed by atoms with Crippen molar-refractivity contribution >= 4 is 0 Å². The van der Waals surface area contributed by atoms with Crippen LogP contribution in [0.4, 0.5) is 0 Å². The van der Waals surface area contributed by atoms with Crippen LogP contribution in [0.5, 0.6) is 0 Å². The number of hydrogen-bond acceptors (Lipinski definition) is 2. The summed E-state index contributed by atoms with van der Waals surface area (Å²) in [5.74, 6) is 6.56. The Morgan fingerprint density at radius 3 is 2.50 bits per heavy atom. The van der Waals surface area contributed by atoms with E-state index in [4.69, 9.17) is 5.11 Å². The van der Waals surface area contributed by atoms with Gasteiger partial charge in [0.05, 0.1) is 0 Å². The molecule has 1 fully saturated rings. The van der Waals surface area contributed by atoms with Crippen LogP contribution in [0.25, 0.3) is 0 Å². The molecule has 2 nitrogen and oxygen atoms in total. The minimum atomic E-state index is -0.0749. The molecule has 1 aliphatic heterocycles. The molecule has 1 aromatic carbocycles. The molecule has 2 rings (SSSR count). The number of nitrogens with zero attached hydrogens (tertiary/aromatic N) is 1. The first-order valence-corrected chi connectivity index (χ1v) is 7.73. The average Bonchev–Trinajstić information content (AvgIpc) is 2.49. The number of aliphatic hydroxyl groups is 1. The minimum Gasteiger partial charge on any atom is -0.384 e. The summed E-state index contributed by atoms with van der Waals surface area (Å²) in [6.45, 7) is 5.72. The van der Waals surface area contributed by atoms with E-state index in [0.717, 1.165) is 18.0 Å². The van der Waals surface area contributed by atoms with Gasteiger partial charge < -0.3 is 5.11 Å². The number of piperidine rings is 1. The summed E-state index contributed by atoms with van der Waals surface area (Å²) in [6, 6.07) is 8.39. The van der Waals surface area contributed by atoms with Crippen molar-refractivity contribution in [3.8, 4) is 11.8 Å². The molecule has 0 aliphatic carbocycles. The molecule has 108 valence electrons. The van der Waals surface area contributed by atoms with Crippen LogP contribution in [0, 0.1) is 17.8 Å². The molecule has 0 aromatic heterocycles. The lowest BCUT2D eigenvalue weighted by atomic mass is 9.92. The van der Waals surface area contributed by atoms with E-state index in [0.29, 0.717) is 0 Å². The first-order valence-electron chi connectivity index (χ1n) is 7.73. The molecule has 1 aliphatic rings. The number of likely N-dealkylation sites (tertiary alicyclic amines) is 1. The normalized spacial score (nSPS) is 16.7. The smallest absolute Gasteiger partial charge is 0.104 e. The Bertz CT molecular complexity index is 447. The Morgan fingerprint density at radius 2 is 1.90 bits per heavy atom. The quantitative estimate of drug-likeness (QED) is 0.851. The second-order valence-corrected chi connectivity index (χ2v) is 5.67. The van der Waals surface area contributed by atoms with Crippen molar-refractivity contribution in [3.63, 3.8) is 0 Å². The van der Waals surface area contributed by atoms with Crippen LogP contribution in [0.1, 0.15) is 43.7 Å². The summed E-state index contributed by atoms with van der Waals surface area (Å²) in [5, 5.41) is 8.68. The van der Waals surface area contributed by atoms with Gasteiger partial charge in [0, 0.05) is 12.1 Å². The first-order chi connectivity index (χ1) is 9.81. The van der Waals surface area contributed by atoms with Gasteiger partial charge in [-0.2, -0.15) is 0 Å². The van der Waals surface area contributed by atoms with Crippen LogP contribution in [-0.4, -0.2) is 29.7 Å². The van der Waals surface area contributed by atoms with Crippen LogP contribution in [-0.2, 0) is 6.54 Å². The fraction of sp³-hybridized carbons (Fsp3) is 0.556. The number of aliphatic hydroxyl groups excluding tert-OH is 1. The van der Waals surface area contributed by atoms with Gasteiger partial charge in [-0.3, -0.25) is 4.90 Å². The molecule has 1 heterocycles. The second kappa shape index (κ2) is 8.09. The first kappa shape index (κ1) is 15.1.